The molecular formula is C18H18N4O. The Morgan fingerprint density at radius 3 is 2.39 bits per heavy atom. The third-order valence-electron chi connectivity index (χ3n) is 3.44. The van der Waals surface area contributed by atoms with Crippen LogP contribution in [0.2, 0.25) is 0 Å². The molecule has 5 nitrogen and oxygen atoms in total. The Morgan fingerprint density at radius 2 is 1.65 bits per heavy atom. The zero-order valence-corrected chi connectivity index (χ0v) is 12.9. The molecular weight excluding hydrogens is 288 g/mol. The van der Waals surface area contributed by atoms with E-state index in [2.05, 4.69) is 15.6 Å². The maximum absolute atomic E-state index is 12.2. The Kier molecular flexibility index (Phi) is 4.38. The summed E-state index contributed by atoms with van der Waals surface area (Å²) in [4.78, 5) is 16.3. The SMILES string of the molecule is CCn1ccnc(Nc2cccc(Nc3ccccc3)c2)c1=O. The predicted molar refractivity (Wildman–Crippen MR) is 93.6 cm³/mol. The van der Waals surface area contributed by atoms with E-state index in [-0.39, 0.29) is 5.56 Å². The number of aromatic nitrogens is 2. The van der Waals surface area contributed by atoms with Crippen LogP contribution in [-0.2, 0) is 6.54 Å². The molecule has 3 rings (SSSR count). The molecule has 0 saturated heterocycles. The van der Waals surface area contributed by atoms with Crippen LogP contribution in [0.1, 0.15) is 6.92 Å². The third kappa shape index (κ3) is 3.58. The third-order valence-corrected chi connectivity index (χ3v) is 3.44. The summed E-state index contributed by atoms with van der Waals surface area (Å²) in [6.07, 6.45) is 3.31. The van der Waals surface area contributed by atoms with Gasteiger partial charge in [0.2, 0.25) is 0 Å². The van der Waals surface area contributed by atoms with Crippen LogP contribution in [0.25, 0.3) is 0 Å². The van der Waals surface area contributed by atoms with E-state index >= 15 is 0 Å². The Balaban J connectivity index is 1.82. The van der Waals surface area contributed by atoms with Gasteiger partial charge in [-0.05, 0) is 37.3 Å². The van der Waals surface area contributed by atoms with E-state index in [1.807, 2.05) is 61.5 Å². The molecule has 0 aliphatic rings. The quantitative estimate of drug-likeness (QED) is 0.753. The van der Waals surface area contributed by atoms with E-state index in [0.717, 1.165) is 17.1 Å². The average molecular weight is 306 g/mol. The second-order valence-electron chi connectivity index (χ2n) is 5.06. The lowest BCUT2D eigenvalue weighted by Gasteiger charge is -2.10. The van der Waals surface area contributed by atoms with Crippen LogP contribution in [0.4, 0.5) is 22.9 Å². The van der Waals surface area contributed by atoms with E-state index in [9.17, 15) is 4.79 Å². The molecule has 1 heterocycles. The van der Waals surface area contributed by atoms with Crippen LogP contribution in [0.15, 0.2) is 71.8 Å². The van der Waals surface area contributed by atoms with Gasteiger partial charge in [0.15, 0.2) is 5.82 Å². The molecule has 0 unspecified atom stereocenters. The predicted octanol–water partition coefficient (Wildman–Crippen LogP) is 3.75. The maximum atomic E-state index is 12.2. The van der Waals surface area contributed by atoms with E-state index in [1.165, 1.54) is 0 Å². The van der Waals surface area contributed by atoms with E-state index < -0.39 is 0 Å². The molecule has 0 aliphatic carbocycles. The van der Waals surface area contributed by atoms with Crippen molar-refractivity contribution in [3.05, 3.63) is 77.3 Å². The van der Waals surface area contributed by atoms with Crippen molar-refractivity contribution >= 4 is 22.9 Å². The van der Waals surface area contributed by atoms with Gasteiger partial charge >= 0.3 is 0 Å². The zero-order chi connectivity index (χ0) is 16.1. The molecule has 116 valence electrons. The summed E-state index contributed by atoms with van der Waals surface area (Å²) in [6.45, 7) is 2.54. The van der Waals surface area contributed by atoms with Gasteiger partial charge in [-0.15, -0.1) is 0 Å². The number of anilines is 4. The molecule has 2 aromatic carbocycles. The van der Waals surface area contributed by atoms with Gasteiger partial charge in [0, 0.05) is 36.0 Å². The van der Waals surface area contributed by atoms with Gasteiger partial charge in [0.25, 0.3) is 5.56 Å². The maximum Gasteiger partial charge on any atom is 0.293 e. The summed E-state index contributed by atoms with van der Waals surface area (Å²) in [6, 6.07) is 17.7. The number of hydrogen-bond acceptors (Lipinski definition) is 4. The molecule has 0 bridgehead atoms. The van der Waals surface area contributed by atoms with Crippen molar-refractivity contribution in [2.45, 2.75) is 13.5 Å². The first-order valence-electron chi connectivity index (χ1n) is 7.51. The lowest BCUT2D eigenvalue weighted by atomic mass is 10.2. The zero-order valence-electron chi connectivity index (χ0n) is 12.9. The standard InChI is InChI=1S/C18H18N4O/c1-2-22-12-11-19-17(18(22)23)21-16-10-6-9-15(13-16)20-14-7-4-3-5-8-14/h3-13,20H,2H2,1H3,(H,19,21). The highest BCUT2D eigenvalue weighted by molar-refractivity contribution is 5.66. The van der Waals surface area contributed by atoms with Crippen LogP contribution >= 0.6 is 0 Å². The van der Waals surface area contributed by atoms with Crippen LogP contribution in [0.5, 0.6) is 0 Å². The number of hydrogen-bond donors (Lipinski definition) is 2. The Bertz CT molecular complexity index is 843. The highest BCUT2D eigenvalue weighted by Crippen LogP contribution is 2.21. The summed E-state index contributed by atoms with van der Waals surface area (Å²) in [7, 11) is 0. The first-order chi connectivity index (χ1) is 11.3. The van der Waals surface area contributed by atoms with E-state index in [4.69, 9.17) is 0 Å². The minimum atomic E-state index is -0.128. The lowest BCUT2D eigenvalue weighted by Crippen LogP contribution is -2.22. The van der Waals surface area contributed by atoms with Crippen LogP contribution in [-0.4, -0.2) is 9.55 Å². The number of nitrogens with one attached hydrogen (secondary N) is 2. The normalized spacial score (nSPS) is 10.3. The molecule has 0 amide bonds. The fourth-order valence-electron chi connectivity index (χ4n) is 2.28. The molecule has 5 heteroatoms. The molecule has 0 radical (unpaired) electrons. The Labute approximate surface area is 134 Å². The number of benzene rings is 2. The Hall–Kier alpha value is -3.08. The van der Waals surface area contributed by atoms with Gasteiger partial charge in [-0.1, -0.05) is 24.3 Å². The topological polar surface area (TPSA) is 59.0 Å². The second kappa shape index (κ2) is 6.79. The molecule has 0 atom stereocenters. The van der Waals surface area contributed by atoms with Gasteiger partial charge in [-0.25, -0.2) is 4.98 Å². The molecule has 2 N–H and O–H groups in total. The summed E-state index contributed by atoms with van der Waals surface area (Å²) < 4.78 is 1.61. The van der Waals surface area contributed by atoms with Crippen molar-refractivity contribution in [3.8, 4) is 0 Å². The van der Waals surface area contributed by atoms with Gasteiger partial charge in [-0.3, -0.25) is 4.79 Å². The number of rotatable bonds is 5. The molecule has 0 aliphatic heterocycles. The highest BCUT2D eigenvalue weighted by Gasteiger charge is 2.04. The molecule has 23 heavy (non-hydrogen) atoms. The minimum absolute atomic E-state index is 0.128. The van der Waals surface area contributed by atoms with Crippen molar-refractivity contribution in [2.75, 3.05) is 10.6 Å². The van der Waals surface area contributed by atoms with Gasteiger partial charge in [0.1, 0.15) is 0 Å². The number of aryl methyl sites for hydroxylation is 1. The summed E-state index contributed by atoms with van der Waals surface area (Å²) in [5.74, 6) is 0.325. The van der Waals surface area contributed by atoms with Crippen molar-refractivity contribution in [2.24, 2.45) is 0 Å². The smallest absolute Gasteiger partial charge is 0.293 e. The molecule has 0 saturated carbocycles. The monoisotopic (exact) mass is 306 g/mol. The van der Waals surface area contributed by atoms with Crippen molar-refractivity contribution in [1.29, 1.82) is 0 Å². The fourth-order valence-corrected chi connectivity index (χ4v) is 2.28. The number of para-hydroxylation sites is 1. The summed E-state index contributed by atoms with van der Waals surface area (Å²) in [5, 5.41) is 6.41. The molecule has 0 fully saturated rings. The van der Waals surface area contributed by atoms with E-state index in [0.29, 0.717) is 12.4 Å². The van der Waals surface area contributed by atoms with Crippen LogP contribution in [0.3, 0.4) is 0 Å². The first kappa shape index (κ1) is 14.8. The molecule has 3 aromatic rings. The van der Waals surface area contributed by atoms with Crippen LogP contribution < -0.4 is 16.2 Å². The van der Waals surface area contributed by atoms with Crippen molar-refractivity contribution < 1.29 is 0 Å². The second-order valence-corrected chi connectivity index (χ2v) is 5.06. The largest absolute Gasteiger partial charge is 0.355 e. The molecule has 0 spiro atoms. The first-order valence-corrected chi connectivity index (χ1v) is 7.51. The van der Waals surface area contributed by atoms with Gasteiger partial charge in [0.05, 0.1) is 0 Å². The van der Waals surface area contributed by atoms with Crippen molar-refractivity contribution in [1.82, 2.24) is 9.55 Å². The van der Waals surface area contributed by atoms with E-state index in [1.54, 1.807) is 17.0 Å². The summed E-state index contributed by atoms with van der Waals surface area (Å²) >= 11 is 0. The Morgan fingerprint density at radius 1 is 0.957 bits per heavy atom. The lowest BCUT2D eigenvalue weighted by molar-refractivity contribution is 0.720. The van der Waals surface area contributed by atoms with Gasteiger partial charge in [-0.2, -0.15) is 0 Å². The van der Waals surface area contributed by atoms with Crippen molar-refractivity contribution in [3.63, 3.8) is 0 Å². The average Bonchev–Trinajstić information content (AvgIpc) is 2.58. The minimum Gasteiger partial charge on any atom is -0.355 e. The fraction of sp³-hybridized carbons (Fsp3) is 0.111. The highest BCUT2D eigenvalue weighted by atomic mass is 16.1. The van der Waals surface area contributed by atoms with Gasteiger partial charge < -0.3 is 15.2 Å². The number of nitrogens with zero attached hydrogens (tertiary/aromatic N) is 2. The molecule has 1 aromatic heterocycles. The summed E-state index contributed by atoms with van der Waals surface area (Å²) in [5.41, 5.74) is 2.63. The van der Waals surface area contributed by atoms with Crippen LogP contribution in [0, 0.1) is 0 Å².